The van der Waals surface area contributed by atoms with Crippen LogP contribution in [0.25, 0.3) is 11.1 Å². The summed E-state index contributed by atoms with van der Waals surface area (Å²) in [7, 11) is 1.38. The van der Waals surface area contributed by atoms with Gasteiger partial charge in [0.15, 0.2) is 0 Å². The zero-order chi connectivity index (χ0) is 14.7. The molecule has 20 heavy (non-hydrogen) atoms. The Kier molecular flexibility index (Phi) is 3.70. The molecule has 2 rings (SSSR count). The predicted octanol–water partition coefficient (Wildman–Crippen LogP) is 2.76. The van der Waals surface area contributed by atoms with Gasteiger partial charge in [0.2, 0.25) is 0 Å². The lowest BCUT2D eigenvalue weighted by Gasteiger charge is -2.11. The number of carboxylic acids is 2. The van der Waals surface area contributed by atoms with E-state index >= 15 is 0 Å². The standard InChI is InChI=1S/C15H12O5/c1-20-13-11(6-3-7-12(13)15(18)19)9-4-2-5-10(8-9)14(16)17/h2-8H,1H3,(H,16,17)(H,18,19). The Balaban J connectivity index is 2.63. The fraction of sp³-hybridized carbons (Fsp3) is 0.0667. The Labute approximate surface area is 115 Å². The molecule has 5 nitrogen and oxygen atoms in total. The van der Waals surface area contributed by atoms with Crippen LogP contribution in [-0.2, 0) is 0 Å². The van der Waals surface area contributed by atoms with E-state index in [1.54, 1.807) is 24.3 Å². The van der Waals surface area contributed by atoms with Gasteiger partial charge in [0.25, 0.3) is 0 Å². The van der Waals surface area contributed by atoms with Gasteiger partial charge in [0.05, 0.1) is 12.7 Å². The van der Waals surface area contributed by atoms with Crippen molar-refractivity contribution in [2.24, 2.45) is 0 Å². The first-order chi connectivity index (χ1) is 9.54. The van der Waals surface area contributed by atoms with E-state index in [0.29, 0.717) is 11.1 Å². The van der Waals surface area contributed by atoms with Crippen LogP contribution in [0.5, 0.6) is 5.75 Å². The van der Waals surface area contributed by atoms with Crippen LogP contribution in [0, 0.1) is 0 Å². The number of ether oxygens (including phenoxy) is 1. The van der Waals surface area contributed by atoms with Crippen molar-refractivity contribution in [1.82, 2.24) is 0 Å². The summed E-state index contributed by atoms with van der Waals surface area (Å²) in [6.07, 6.45) is 0. The summed E-state index contributed by atoms with van der Waals surface area (Å²) in [5.41, 5.74) is 1.29. The Hall–Kier alpha value is -2.82. The van der Waals surface area contributed by atoms with Crippen molar-refractivity contribution < 1.29 is 24.5 Å². The second-order valence-electron chi connectivity index (χ2n) is 4.08. The molecule has 2 aromatic carbocycles. The monoisotopic (exact) mass is 272 g/mol. The number of methoxy groups -OCH3 is 1. The van der Waals surface area contributed by atoms with Crippen LogP contribution >= 0.6 is 0 Å². The van der Waals surface area contributed by atoms with Crippen LogP contribution in [0.2, 0.25) is 0 Å². The minimum absolute atomic E-state index is 0.0331. The number of hydrogen-bond acceptors (Lipinski definition) is 3. The number of para-hydroxylation sites is 1. The third-order valence-corrected chi connectivity index (χ3v) is 2.87. The molecule has 0 radical (unpaired) electrons. The van der Waals surface area contributed by atoms with Crippen molar-refractivity contribution in [3.05, 3.63) is 53.6 Å². The van der Waals surface area contributed by atoms with Crippen molar-refractivity contribution in [2.45, 2.75) is 0 Å². The molecule has 0 saturated heterocycles. The molecule has 0 aliphatic heterocycles. The van der Waals surface area contributed by atoms with Crippen LogP contribution in [0.15, 0.2) is 42.5 Å². The molecule has 0 aromatic heterocycles. The number of aromatic carboxylic acids is 2. The van der Waals surface area contributed by atoms with Crippen molar-refractivity contribution >= 4 is 11.9 Å². The van der Waals surface area contributed by atoms with Gasteiger partial charge < -0.3 is 14.9 Å². The molecule has 0 fully saturated rings. The molecule has 2 N–H and O–H groups in total. The molecule has 0 amide bonds. The van der Waals surface area contributed by atoms with Gasteiger partial charge in [-0.25, -0.2) is 9.59 Å². The van der Waals surface area contributed by atoms with E-state index in [9.17, 15) is 9.59 Å². The summed E-state index contributed by atoms with van der Waals surface area (Å²) in [6, 6.07) is 11.0. The van der Waals surface area contributed by atoms with Crippen LogP contribution in [0.4, 0.5) is 0 Å². The molecule has 0 aliphatic carbocycles. The van der Waals surface area contributed by atoms with Crippen LogP contribution in [0.3, 0.4) is 0 Å². The minimum Gasteiger partial charge on any atom is -0.495 e. The molecule has 5 heteroatoms. The highest BCUT2D eigenvalue weighted by Gasteiger charge is 2.16. The van der Waals surface area contributed by atoms with Gasteiger partial charge in [-0.15, -0.1) is 0 Å². The van der Waals surface area contributed by atoms with Crippen molar-refractivity contribution in [3.8, 4) is 16.9 Å². The number of carboxylic acid groups (broad SMARTS) is 2. The molecule has 0 bridgehead atoms. The molecule has 0 saturated carbocycles. The van der Waals surface area contributed by atoms with Gasteiger partial charge in [-0.3, -0.25) is 0 Å². The molecule has 0 heterocycles. The normalized spacial score (nSPS) is 10.1. The summed E-state index contributed by atoms with van der Waals surface area (Å²) in [5, 5.41) is 18.1. The number of benzene rings is 2. The number of rotatable bonds is 4. The van der Waals surface area contributed by atoms with E-state index in [4.69, 9.17) is 14.9 Å². The highest BCUT2D eigenvalue weighted by molar-refractivity contribution is 5.95. The first-order valence-corrected chi connectivity index (χ1v) is 5.78. The molecule has 0 spiro atoms. The molecule has 0 atom stereocenters. The highest BCUT2D eigenvalue weighted by atomic mass is 16.5. The van der Waals surface area contributed by atoms with Gasteiger partial charge in [-0.2, -0.15) is 0 Å². The summed E-state index contributed by atoms with van der Waals surface area (Å²) >= 11 is 0. The predicted molar refractivity (Wildman–Crippen MR) is 72.3 cm³/mol. The third kappa shape index (κ3) is 2.47. The van der Waals surface area contributed by atoms with Gasteiger partial charge in [0.1, 0.15) is 11.3 Å². The third-order valence-electron chi connectivity index (χ3n) is 2.87. The van der Waals surface area contributed by atoms with Crippen LogP contribution in [0.1, 0.15) is 20.7 Å². The second-order valence-corrected chi connectivity index (χ2v) is 4.08. The van der Waals surface area contributed by atoms with E-state index in [1.165, 1.54) is 25.3 Å². The molecule has 0 unspecified atom stereocenters. The van der Waals surface area contributed by atoms with Crippen LogP contribution in [-0.4, -0.2) is 29.3 Å². The van der Waals surface area contributed by atoms with Gasteiger partial charge in [0, 0.05) is 5.56 Å². The Morgan fingerprint density at radius 1 is 1.00 bits per heavy atom. The molecule has 102 valence electrons. The number of hydrogen-bond donors (Lipinski definition) is 2. The zero-order valence-corrected chi connectivity index (χ0v) is 10.7. The maximum Gasteiger partial charge on any atom is 0.339 e. The number of carbonyl (C=O) groups is 2. The first kappa shape index (κ1) is 13.6. The van der Waals surface area contributed by atoms with E-state index in [1.807, 2.05) is 0 Å². The lowest BCUT2D eigenvalue weighted by atomic mass is 9.99. The van der Waals surface area contributed by atoms with E-state index in [-0.39, 0.29) is 16.9 Å². The maximum atomic E-state index is 11.2. The molecule has 2 aromatic rings. The average molecular weight is 272 g/mol. The zero-order valence-electron chi connectivity index (χ0n) is 10.7. The topological polar surface area (TPSA) is 83.8 Å². The summed E-state index contributed by atoms with van der Waals surface area (Å²) in [4.78, 5) is 22.2. The summed E-state index contributed by atoms with van der Waals surface area (Å²) < 4.78 is 5.16. The largest absolute Gasteiger partial charge is 0.495 e. The van der Waals surface area contributed by atoms with E-state index < -0.39 is 11.9 Å². The fourth-order valence-corrected chi connectivity index (χ4v) is 1.97. The van der Waals surface area contributed by atoms with E-state index in [0.717, 1.165) is 0 Å². The highest BCUT2D eigenvalue weighted by Crippen LogP contribution is 2.33. The maximum absolute atomic E-state index is 11.2. The summed E-state index contributed by atoms with van der Waals surface area (Å²) in [6.45, 7) is 0. The van der Waals surface area contributed by atoms with Crippen LogP contribution < -0.4 is 4.74 Å². The quantitative estimate of drug-likeness (QED) is 0.894. The van der Waals surface area contributed by atoms with Gasteiger partial charge >= 0.3 is 11.9 Å². The van der Waals surface area contributed by atoms with Crippen molar-refractivity contribution in [1.29, 1.82) is 0 Å². The molecular weight excluding hydrogens is 260 g/mol. The lowest BCUT2D eigenvalue weighted by molar-refractivity contribution is 0.0684. The minimum atomic E-state index is -1.10. The first-order valence-electron chi connectivity index (χ1n) is 5.78. The lowest BCUT2D eigenvalue weighted by Crippen LogP contribution is -2.02. The van der Waals surface area contributed by atoms with Crippen molar-refractivity contribution in [3.63, 3.8) is 0 Å². The van der Waals surface area contributed by atoms with Crippen molar-refractivity contribution in [2.75, 3.05) is 7.11 Å². The molecular formula is C15H12O5. The summed E-state index contributed by atoms with van der Waals surface area (Å²) in [5.74, 6) is -1.93. The van der Waals surface area contributed by atoms with Gasteiger partial charge in [-0.05, 0) is 23.8 Å². The Morgan fingerprint density at radius 3 is 2.30 bits per heavy atom. The smallest absolute Gasteiger partial charge is 0.339 e. The Bertz CT molecular complexity index is 676. The SMILES string of the molecule is COc1c(C(=O)O)cccc1-c1cccc(C(=O)O)c1. The molecule has 0 aliphatic rings. The Morgan fingerprint density at radius 2 is 1.70 bits per heavy atom. The van der Waals surface area contributed by atoms with E-state index in [2.05, 4.69) is 0 Å². The second kappa shape index (κ2) is 5.44. The fourth-order valence-electron chi connectivity index (χ4n) is 1.97. The average Bonchev–Trinajstić information content (AvgIpc) is 2.46. The van der Waals surface area contributed by atoms with Gasteiger partial charge in [-0.1, -0.05) is 24.3 Å².